The molecule has 0 aliphatic carbocycles. The van der Waals surface area contributed by atoms with Crippen molar-refractivity contribution in [3.8, 4) is 0 Å². The zero-order chi connectivity index (χ0) is 14.4. The molecule has 2 nitrogen and oxygen atoms in total. The van der Waals surface area contributed by atoms with Gasteiger partial charge in [-0.15, -0.1) is 0 Å². The number of hydrogen-bond donors (Lipinski definition) is 0. The normalized spacial score (nSPS) is 18.4. The summed E-state index contributed by atoms with van der Waals surface area (Å²) in [7, 11) is 0. The molecule has 1 aromatic carbocycles. The first kappa shape index (κ1) is 15.5. The Labute approximate surface area is 124 Å². The van der Waals surface area contributed by atoms with Crippen LogP contribution in [0.15, 0.2) is 30.3 Å². The lowest BCUT2D eigenvalue weighted by molar-refractivity contribution is -0.0304. The van der Waals surface area contributed by atoms with Crippen LogP contribution in [-0.4, -0.2) is 36.7 Å². The molecule has 1 heterocycles. The van der Waals surface area contributed by atoms with Crippen LogP contribution in [0.5, 0.6) is 0 Å². The van der Waals surface area contributed by atoms with Gasteiger partial charge in [0.2, 0.25) is 0 Å². The van der Waals surface area contributed by atoms with Gasteiger partial charge in [-0.3, -0.25) is 0 Å². The smallest absolute Gasteiger partial charge is 0.0624 e. The molecular weight excluding hydrogens is 246 g/mol. The Morgan fingerprint density at radius 2 is 1.80 bits per heavy atom. The minimum Gasteiger partial charge on any atom is -0.374 e. The Hall–Kier alpha value is -0.860. The molecule has 1 aromatic rings. The minimum atomic E-state index is 0.0301. The summed E-state index contributed by atoms with van der Waals surface area (Å²) in [6.45, 7) is 10.9. The highest BCUT2D eigenvalue weighted by Gasteiger charge is 2.21. The second-order valence-corrected chi connectivity index (χ2v) is 6.49. The number of likely N-dealkylation sites (tertiary alicyclic amines) is 1. The van der Waals surface area contributed by atoms with E-state index in [-0.39, 0.29) is 5.60 Å². The van der Waals surface area contributed by atoms with Crippen molar-refractivity contribution in [2.24, 2.45) is 0 Å². The van der Waals surface area contributed by atoms with E-state index >= 15 is 0 Å². The van der Waals surface area contributed by atoms with Crippen LogP contribution in [0.3, 0.4) is 0 Å². The van der Waals surface area contributed by atoms with Crippen LogP contribution in [0.4, 0.5) is 0 Å². The van der Waals surface area contributed by atoms with E-state index in [9.17, 15) is 0 Å². The Morgan fingerprint density at radius 1 is 1.15 bits per heavy atom. The van der Waals surface area contributed by atoms with Crippen LogP contribution >= 0.6 is 0 Å². The molecule has 2 rings (SSSR count). The first-order chi connectivity index (χ1) is 9.61. The second-order valence-electron chi connectivity index (χ2n) is 6.49. The predicted octanol–water partition coefficient (Wildman–Crippen LogP) is 4.07. The Kier molecular flexibility index (Phi) is 5.62. The zero-order valence-corrected chi connectivity index (χ0v) is 13.3. The van der Waals surface area contributed by atoms with Gasteiger partial charge in [-0.1, -0.05) is 37.3 Å². The summed E-state index contributed by atoms with van der Waals surface area (Å²) in [5, 5.41) is 0. The van der Waals surface area contributed by atoms with Gasteiger partial charge in [0.05, 0.1) is 12.2 Å². The SMILES string of the molecule is CCC(C)(C)OCCN1CCC(c2ccccc2)CC1. The van der Waals surface area contributed by atoms with Crippen LogP contribution in [0.1, 0.15) is 51.5 Å². The molecule has 0 unspecified atom stereocenters. The van der Waals surface area contributed by atoms with Crippen molar-refractivity contribution in [3.63, 3.8) is 0 Å². The average Bonchev–Trinajstić information content (AvgIpc) is 2.49. The molecule has 1 aliphatic heterocycles. The maximum atomic E-state index is 5.95. The molecule has 0 N–H and O–H groups in total. The topological polar surface area (TPSA) is 12.5 Å². The molecule has 0 aromatic heterocycles. The maximum absolute atomic E-state index is 5.95. The number of piperidine rings is 1. The standard InChI is InChI=1S/C18H29NO/c1-4-18(2,3)20-15-14-19-12-10-17(11-13-19)16-8-6-5-7-9-16/h5-9,17H,4,10-15H2,1-3H3. The summed E-state index contributed by atoms with van der Waals surface area (Å²) >= 11 is 0. The summed E-state index contributed by atoms with van der Waals surface area (Å²) in [5.41, 5.74) is 1.54. The average molecular weight is 275 g/mol. The van der Waals surface area contributed by atoms with E-state index in [1.165, 1.54) is 31.5 Å². The van der Waals surface area contributed by atoms with E-state index in [1.54, 1.807) is 0 Å². The van der Waals surface area contributed by atoms with Crippen LogP contribution in [0.2, 0.25) is 0 Å². The van der Waals surface area contributed by atoms with E-state index in [0.29, 0.717) is 0 Å². The molecule has 0 spiro atoms. The van der Waals surface area contributed by atoms with Crippen LogP contribution < -0.4 is 0 Å². The lowest BCUT2D eigenvalue weighted by atomic mass is 9.89. The predicted molar refractivity (Wildman–Crippen MR) is 85.2 cm³/mol. The number of ether oxygens (including phenoxy) is 1. The highest BCUT2D eigenvalue weighted by atomic mass is 16.5. The third-order valence-corrected chi connectivity index (χ3v) is 4.61. The fourth-order valence-electron chi connectivity index (χ4n) is 2.77. The highest BCUT2D eigenvalue weighted by molar-refractivity contribution is 5.19. The molecule has 1 saturated heterocycles. The molecule has 2 heteroatoms. The summed E-state index contributed by atoms with van der Waals surface area (Å²) in [6, 6.07) is 11.0. The summed E-state index contributed by atoms with van der Waals surface area (Å²) in [6.07, 6.45) is 3.63. The van der Waals surface area contributed by atoms with E-state index in [0.717, 1.165) is 25.5 Å². The number of benzene rings is 1. The minimum absolute atomic E-state index is 0.0301. The van der Waals surface area contributed by atoms with Gasteiger partial charge in [0.25, 0.3) is 0 Å². The molecule has 0 radical (unpaired) electrons. The van der Waals surface area contributed by atoms with Crippen LogP contribution in [-0.2, 0) is 4.74 Å². The first-order valence-electron chi connectivity index (χ1n) is 8.02. The number of hydrogen-bond acceptors (Lipinski definition) is 2. The number of rotatable bonds is 6. The molecule has 1 aliphatic rings. The van der Waals surface area contributed by atoms with Crippen LogP contribution in [0.25, 0.3) is 0 Å². The lowest BCUT2D eigenvalue weighted by Crippen LogP contribution is -2.37. The third kappa shape index (κ3) is 4.60. The largest absolute Gasteiger partial charge is 0.374 e. The third-order valence-electron chi connectivity index (χ3n) is 4.61. The molecule has 1 fully saturated rings. The summed E-state index contributed by atoms with van der Waals surface area (Å²) in [4.78, 5) is 2.55. The van der Waals surface area contributed by atoms with E-state index < -0.39 is 0 Å². The maximum Gasteiger partial charge on any atom is 0.0624 e. The van der Waals surface area contributed by atoms with Crippen molar-refractivity contribution in [1.82, 2.24) is 4.90 Å². The van der Waals surface area contributed by atoms with Crippen molar-refractivity contribution >= 4 is 0 Å². The quantitative estimate of drug-likeness (QED) is 0.776. The van der Waals surface area contributed by atoms with Gasteiger partial charge in [-0.05, 0) is 57.7 Å². The van der Waals surface area contributed by atoms with Crippen LogP contribution in [0, 0.1) is 0 Å². The summed E-state index contributed by atoms with van der Waals surface area (Å²) in [5.74, 6) is 0.750. The molecular formula is C18H29NO. The fourth-order valence-corrected chi connectivity index (χ4v) is 2.77. The summed E-state index contributed by atoms with van der Waals surface area (Å²) < 4.78 is 5.95. The van der Waals surface area contributed by atoms with Gasteiger partial charge < -0.3 is 9.64 Å². The first-order valence-corrected chi connectivity index (χ1v) is 8.02. The second kappa shape index (κ2) is 7.24. The monoisotopic (exact) mass is 275 g/mol. The van der Waals surface area contributed by atoms with Gasteiger partial charge in [0.1, 0.15) is 0 Å². The Bertz CT molecular complexity index is 380. The Balaban J connectivity index is 1.70. The molecule has 0 atom stereocenters. The van der Waals surface area contributed by atoms with Crippen molar-refractivity contribution in [2.75, 3.05) is 26.2 Å². The van der Waals surface area contributed by atoms with E-state index in [2.05, 4.69) is 56.0 Å². The number of nitrogens with zero attached hydrogens (tertiary/aromatic N) is 1. The van der Waals surface area contributed by atoms with E-state index in [1.807, 2.05) is 0 Å². The highest BCUT2D eigenvalue weighted by Crippen LogP contribution is 2.27. The van der Waals surface area contributed by atoms with Gasteiger partial charge in [-0.25, -0.2) is 0 Å². The zero-order valence-electron chi connectivity index (χ0n) is 13.3. The molecule has 112 valence electrons. The van der Waals surface area contributed by atoms with Gasteiger partial charge >= 0.3 is 0 Å². The van der Waals surface area contributed by atoms with Crippen molar-refractivity contribution in [2.45, 2.75) is 51.6 Å². The molecule has 0 bridgehead atoms. The molecule has 0 saturated carbocycles. The Morgan fingerprint density at radius 3 is 2.40 bits per heavy atom. The fraction of sp³-hybridized carbons (Fsp3) is 0.667. The van der Waals surface area contributed by atoms with Gasteiger partial charge in [0, 0.05) is 6.54 Å². The van der Waals surface area contributed by atoms with Crippen molar-refractivity contribution in [3.05, 3.63) is 35.9 Å². The van der Waals surface area contributed by atoms with Crippen molar-refractivity contribution < 1.29 is 4.74 Å². The lowest BCUT2D eigenvalue weighted by Gasteiger charge is -2.33. The molecule has 0 amide bonds. The van der Waals surface area contributed by atoms with Gasteiger partial charge in [-0.2, -0.15) is 0 Å². The molecule has 20 heavy (non-hydrogen) atoms. The van der Waals surface area contributed by atoms with Gasteiger partial charge in [0.15, 0.2) is 0 Å². The van der Waals surface area contributed by atoms with E-state index in [4.69, 9.17) is 4.74 Å². The van der Waals surface area contributed by atoms with Crippen molar-refractivity contribution in [1.29, 1.82) is 0 Å².